The van der Waals surface area contributed by atoms with Crippen LogP contribution in [0.4, 0.5) is 5.69 Å². The van der Waals surface area contributed by atoms with E-state index >= 15 is 0 Å². The average molecular weight is 442 g/mol. The number of anilines is 1. The van der Waals surface area contributed by atoms with Crippen molar-refractivity contribution in [3.63, 3.8) is 0 Å². The highest BCUT2D eigenvalue weighted by molar-refractivity contribution is 6.16. The van der Waals surface area contributed by atoms with Gasteiger partial charge in [-0.25, -0.2) is 0 Å². The van der Waals surface area contributed by atoms with Gasteiger partial charge in [0.25, 0.3) is 5.91 Å². The number of aliphatic hydroxyl groups is 1. The Kier molecular flexibility index (Phi) is 5.01. The summed E-state index contributed by atoms with van der Waals surface area (Å²) in [6.45, 7) is 0.104. The summed E-state index contributed by atoms with van der Waals surface area (Å²) in [5.41, 5.74) is 2.22. The summed E-state index contributed by atoms with van der Waals surface area (Å²) in [5.74, 6) is -1.12. The zero-order valence-corrected chi connectivity index (χ0v) is 18.2. The van der Waals surface area contributed by atoms with Gasteiger partial charge >= 0.3 is 0 Å². The van der Waals surface area contributed by atoms with E-state index in [0.717, 1.165) is 11.1 Å². The van der Waals surface area contributed by atoms with Crippen molar-refractivity contribution in [1.29, 1.82) is 0 Å². The maximum absolute atomic E-state index is 13.6. The van der Waals surface area contributed by atoms with Crippen molar-refractivity contribution in [3.8, 4) is 0 Å². The second-order valence-electron chi connectivity index (χ2n) is 8.14. The van der Waals surface area contributed by atoms with Crippen LogP contribution >= 0.6 is 0 Å². The van der Waals surface area contributed by atoms with Crippen LogP contribution in [0.1, 0.15) is 27.9 Å². The van der Waals surface area contributed by atoms with Crippen LogP contribution in [-0.2, 0) is 11.3 Å². The Balaban J connectivity index is 1.59. The second-order valence-corrected chi connectivity index (χ2v) is 8.14. The van der Waals surface area contributed by atoms with Gasteiger partial charge in [0.2, 0.25) is 5.78 Å². The number of carbonyl (C=O) groups excluding carboxylic acids is 2. The van der Waals surface area contributed by atoms with Crippen molar-refractivity contribution < 1.29 is 23.5 Å². The molecule has 2 aromatic carbocycles. The van der Waals surface area contributed by atoms with E-state index in [4.69, 9.17) is 8.83 Å². The molecule has 0 aliphatic carbocycles. The molecule has 1 aliphatic heterocycles. The molecule has 33 heavy (non-hydrogen) atoms. The van der Waals surface area contributed by atoms with E-state index in [2.05, 4.69) is 0 Å². The van der Waals surface area contributed by atoms with Gasteiger partial charge in [-0.1, -0.05) is 30.3 Å². The number of benzene rings is 2. The molecule has 1 N–H and O–H groups in total. The number of nitrogens with zero attached hydrogens (tertiary/aromatic N) is 2. The number of amides is 1. The fourth-order valence-electron chi connectivity index (χ4n) is 4.15. The molecule has 2 aromatic heterocycles. The van der Waals surface area contributed by atoms with E-state index in [9.17, 15) is 14.7 Å². The van der Waals surface area contributed by atoms with E-state index in [0.29, 0.717) is 16.9 Å². The van der Waals surface area contributed by atoms with E-state index in [1.807, 2.05) is 61.5 Å². The third-order valence-corrected chi connectivity index (χ3v) is 5.83. The summed E-state index contributed by atoms with van der Waals surface area (Å²) in [7, 11) is 3.86. The topological polar surface area (TPSA) is 87.1 Å². The molecule has 3 heterocycles. The third kappa shape index (κ3) is 3.57. The zero-order chi connectivity index (χ0) is 23.1. The van der Waals surface area contributed by atoms with Gasteiger partial charge in [0.1, 0.15) is 11.3 Å². The molecule has 0 radical (unpaired) electrons. The lowest BCUT2D eigenvalue weighted by atomic mass is 9.94. The third-order valence-electron chi connectivity index (χ3n) is 5.83. The van der Waals surface area contributed by atoms with Crippen LogP contribution in [0.2, 0.25) is 0 Å². The molecule has 4 aromatic rings. The minimum absolute atomic E-state index is 0.0109. The van der Waals surface area contributed by atoms with E-state index in [1.165, 1.54) is 11.2 Å². The van der Waals surface area contributed by atoms with Gasteiger partial charge in [-0.15, -0.1) is 0 Å². The van der Waals surface area contributed by atoms with Gasteiger partial charge in [0, 0.05) is 25.2 Å². The van der Waals surface area contributed by atoms with Gasteiger partial charge in [-0.05, 0) is 42.0 Å². The quantitative estimate of drug-likeness (QED) is 0.429. The number of para-hydroxylation sites is 1. The first-order valence-corrected chi connectivity index (χ1v) is 10.5. The van der Waals surface area contributed by atoms with Crippen molar-refractivity contribution in [2.75, 3.05) is 19.0 Å². The number of hydrogen-bond donors (Lipinski definition) is 1. The molecule has 0 spiro atoms. The number of ketones is 1. The summed E-state index contributed by atoms with van der Waals surface area (Å²) < 4.78 is 11.2. The monoisotopic (exact) mass is 442 g/mol. The van der Waals surface area contributed by atoms with Crippen LogP contribution in [0.5, 0.6) is 0 Å². The molecular formula is C26H22N2O5. The number of Topliss-reactive ketones (excluding diaryl/α,β-unsaturated/α-hetero) is 1. The van der Waals surface area contributed by atoms with Gasteiger partial charge in [0.15, 0.2) is 11.5 Å². The normalized spacial score (nSPS) is 16.1. The molecule has 1 atom stereocenters. The Morgan fingerprint density at radius 1 is 1.06 bits per heavy atom. The van der Waals surface area contributed by atoms with Crippen LogP contribution in [0.3, 0.4) is 0 Å². The van der Waals surface area contributed by atoms with Crippen LogP contribution in [0, 0.1) is 0 Å². The van der Waals surface area contributed by atoms with Crippen LogP contribution in [-0.4, -0.2) is 35.8 Å². The van der Waals surface area contributed by atoms with Crippen molar-refractivity contribution in [2.45, 2.75) is 12.6 Å². The molecular weight excluding hydrogens is 420 g/mol. The van der Waals surface area contributed by atoms with Crippen LogP contribution in [0.15, 0.2) is 93.2 Å². The number of fused-ring (bicyclic) bond motifs is 1. The highest BCUT2D eigenvalue weighted by Crippen LogP contribution is 2.41. The van der Waals surface area contributed by atoms with E-state index < -0.39 is 23.5 Å². The lowest BCUT2D eigenvalue weighted by molar-refractivity contribution is -0.130. The number of furan rings is 2. The molecule has 7 nitrogen and oxygen atoms in total. The van der Waals surface area contributed by atoms with Crippen LogP contribution < -0.4 is 4.90 Å². The van der Waals surface area contributed by atoms with Crippen molar-refractivity contribution in [2.24, 2.45) is 0 Å². The van der Waals surface area contributed by atoms with Crippen molar-refractivity contribution in [3.05, 3.63) is 101 Å². The van der Waals surface area contributed by atoms with E-state index in [1.54, 1.807) is 24.3 Å². The molecule has 166 valence electrons. The summed E-state index contributed by atoms with van der Waals surface area (Å²) in [6.07, 6.45) is 1.52. The Hall–Kier alpha value is -4.26. The van der Waals surface area contributed by atoms with E-state index in [-0.39, 0.29) is 17.9 Å². The highest BCUT2D eigenvalue weighted by atomic mass is 16.3. The molecule has 0 fully saturated rings. The Bertz CT molecular complexity index is 1330. The number of carbonyl (C=O) groups is 2. The maximum Gasteiger partial charge on any atom is 0.290 e. The van der Waals surface area contributed by atoms with Gasteiger partial charge in [0.05, 0.1) is 24.4 Å². The van der Waals surface area contributed by atoms with Crippen molar-refractivity contribution in [1.82, 2.24) is 4.90 Å². The first-order valence-electron chi connectivity index (χ1n) is 10.5. The Morgan fingerprint density at radius 2 is 1.82 bits per heavy atom. The fraction of sp³-hybridized carbons (Fsp3) is 0.154. The van der Waals surface area contributed by atoms with Gasteiger partial charge < -0.3 is 23.7 Å². The lowest BCUT2D eigenvalue weighted by Gasteiger charge is -2.26. The molecule has 1 aliphatic rings. The largest absolute Gasteiger partial charge is 0.503 e. The van der Waals surface area contributed by atoms with Gasteiger partial charge in [-0.3, -0.25) is 9.59 Å². The Labute approximate surface area is 190 Å². The molecule has 1 unspecified atom stereocenters. The number of hydrogen-bond acceptors (Lipinski definition) is 6. The lowest BCUT2D eigenvalue weighted by Crippen LogP contribution is -2.30. The van der Waals surface area contributed by atoms with Gasteiger partial charge in [-0.2, -0.15) is 0 Å². The predicted molar refractivity (Wildman–Crippen MR) is 123 cm³/mol. The average Bonchev–Trinajstić information content (AvgIpc) is 3.54. The maximum atomic E-state index is 13.6. The molecule has 0 bridgehead atoms. The smallest absolute Gasteiger partial charge is 0.290 e. The fourth-order valence-corrected chi connectivity index (χ4v) is 4.15. The minimum atomic E-state index is -0.792. The zero-order valence-electron chi connectivity index (χ0n) is 18.2. The molecule has 5 rings (SSSR count). The molecule has 0 saturated carbocycles. The van der Waals surface area contributed by atoms with Crippen LogP contribution in [0.25, 0.3) is 11.0 Å². The Morgan fingerprint density at radius 3 is 2.48 bits per heavy atom. The summed E-state index contributed by atoms with van der Waals surface area (Å²) in [4.78, 5) is 30.0. The summed E-state index contributed by atoms with van der Waals surface area (Å²) in [6, 6.07) is 19.1. The highest BCUT2D eigenvalue weighted by Gasteiger charge is 2.44. The summed E-state index contributed by atoms with van der Waals surface area (Å²) >= 11 is 0. The molecule has 7 heteroatoms. The first kappa shape index (κ1) is 20.6. The molecule has 0 saturated heterocycles. The SMILES string of the molecule is CN(C)c1ccc(C2C(C(=O)c3cc4ccccc4o3)=C(O)C(=O)N2Cc2ccco2)cc1. The standard InChI is InChI=1S/C26H22N2O5/c1-27(2)18-11-9-16(10-12-18)23-22(24(29)21-14-17-6-3-4-8-20(17)33-21)25(30)26(31)28(23)15-19-7-5-13-32-19/h3-14,23,30H,15H2,1-2H3. The summed E-state index contributed by atoms with van der Waals surface area (Å²) in [5, 5.41) is 11.6. The first-order chi connectivity index (χ1) is 15.9. The van der Waals surface area contributed by atoms with Crippen molar-refractivity contribution >= 4 is 28.3 Å². The minimum Gasteiger partial charge on any atom is -0.503 e. The number of rotatable bonds is 6. The predicted octanol–water partition coefficient (Wildman–Crippen LogP) is 4.87. The second kappa shape index (κ2) is 8.02. The number of aliphatic hydroxyl groups excluding tert-OH is 1. The molecule has 1 amide bonds.